The molecule has 2 N–H and O–H groups in total. The van der Waals surface area contributed by atoms with Crippen molar-refractivity contribution in [2.24, 2.45) is 11.7 Å². The van der Waals surface area contributed by atoms with E-state index in [-0.39, 0.29) is 24.2 Å². The van der Waals surface area contributed by atoms with E-state index in [1.54, 1.807) is 0 Å². The van der Waals surface area contributed by atoms with Gasteiger partial charge in [0.15, 0.2) is 5.82 Å². The number of rotatable bonds is 6. The second-order valence-electron chi connectivity index (χ2n) is 6.01. The average Bonchev–Trinajstić information content (AvgIpc) is 3.02. The van der Waals surface area contributed by atoms with E-state index in [0.717, 1.165) is 19.6 Å². The second-order valence-corrected chi connectivity index (χ2v) is 6.01. The summed E-state index contributed by atoms with van der Waals surface area (Å²) in [5, 5.41) is 4.08. The molecule has 1 aromatic heterocycles. The fourth-order valence-electron chi connectivity index (χ4n) is 3.07. The van der Waals surface area contributed by atoms with Crippen molar-refractivity contribution in [2.45, 2.75) is 58.8 Å². The normalized spacial score (nSPS) is 31.0. The molecule has 0 amide bonds. The maximum atomic E-state index is 6.20. The van der Waals surface area contributed by atoms with Gasteiger partial charge >= 0.3 is 0 Å². The van der Waals surface area contributed by atoms with Crippen molar-refractivity contribution in [3.8, 4) is 0 Å². The molecule has 5 unspecified atom stereocenters. The van der Waals surface area contributed by atoms with Crippen LogP contribution in [0.3, 0.4) is 0 Å². The smallest absolute Gasteiger partial charge is 0.232 e. The molecule has 1 aliphatic heterocycles. The van der Waals surface area contributed by atoms with Crippen LogP contribution in [-0.2, 0) is 4.74 Å². The molecule has 120 valence electrons. The summed E-state index contributed by atoms with van der Waals surface area (Å²) in [5.74, 6) is 1.77. The molecule has 0 spiro atoms. The van der Waals surface area contributed by atoms with Gasteiger partial charge in [-0.3, -0.25) is 0 Å². The zero-order chi connectivity index (χ0) is 15.6. The number of nitrogens with zero attached hydrogens (tertiary/aromatic N) is 3. The topological polar surface area (TPSA) is 77.4 Å². The van der Waals surface area contributed by atoms with Crippen LogP contribution >= 0.6 is 0 Å². The van der Waals surface area contributed by atoms with Crippen LogP contribution in [0.1, 0.15) is 58.3 Å². The van der Waals surface area contributed by atoms with Gasteiger partial charge in [-0.05, 0) is 32.9 Å². The zero-order valence-electron chi connectivity index (χ0n) is 13.7. The van der Waals surface area contributed by atoms with Crippen molar-refractivity contribution in [3.05, 3.63) is 11.7 Å². The van der Waals surface area contributed by atoms with Gasteiger partial charge in [-0.2, -0.15) is 4.98 Å². The lowest BCUT2D eigenvalue weighted by Crippen LogP contribution is -2.32. The van der Waals surface area contributed by atoms with E-state index in [9.17, 15) is 0 Å². The van der Waals surface area contributed by atoms with E-state index in [4.69, 9.17) is 15.0 Å². The third-order valence-electron chi connectivity index (χ3n) is 4.67. The minimum atomic E-state index is -0.215. The van der Waals surface area contributed by atoms with E-state index in [2.05, 4.69) is 49.7 Å². The standard InChI is InChI=1S/C15H28N4O2/c1-6-19(7-2)8-12(16)14-17-15(21-18-14)13-9(3)10(4)20-11(13)5/h9-13H,6-8,16H2,1-5H3. The average molecular weight is 296 g/mol. The highest BCUT2D eigenvalue weighted by Gasteiger charge is 2.41. The molecule has 21 heavy (non-hydrogen) atoms. The summed E-state index contributed by atoms with van der Waals surface area (Å²) >= 11 is 0. The number of hydrogen-bond acceptors (Lipinski definition) is 6. The first-order valence-electron chi connectivity index (χ1n) is 7.94. The van der Waals surface area contributed by atoms with Crippen molar-refractivity contribution in [2.75, 3.05) is 19.6 Å². The van der Waals surface area contributed by atoms with Crippen molar-refractivity contribution in [3.63, 3.8) is 0 Å². The molecule has 1 saturated heterocycles. The summed E-state index contributed by atoms with van der Waals surface area (Å²) in [7, 11) is 0. The first-order chi connectivity index (χ1) is 9.97. The lowest BCUT2D eigenvalue weighted by atomic mass is 9.89. The molecule has 0 bridgehead atoms. The lowest BCUT2D eigenvalue weighted by Gasteiger charge is -2.20. The SMILES string of the molecule is CCN(CC)CC(N)c1noc(C2C(C)OC(C)C2C)n1. The van der Waals surface area contributed by atoms with E-state index in [1.165, 1.54) is 0 Å². The maximum Gasteiger partial charge on any atom is 0.232 e. The summed E-state index contributed by atoms with van der Waals surface area (Å²) in [6.45, 7) is 13.2. The molecule has 6 nitrogen and oxygen atoms in total. The molecule has 0 aliphatic carbocycles. The van der Waals surface area contributed by atoms with Crippen LogP contribution in [0, 0.1) is 5.92 Å². The van der Waals surface area contributed by atoms with Crippen LogP contribution in [-0.4, -0.2) is 46.9 Å². The molecule has 1 aromatic rings. The molecule has 5 atom stereocenters. The van der Waals surface area contributed by atoms with Crippen molar-refractivity contribution >= 4 is 0 Å². The zero-order valence-corrected chi connectivity index (χ0v) is 13.7. The van der Waals surface area contributed by atoms with Crippen molar-refractivity contribution < 1.29 is 9.26 Å². The summed E-state index contributed by atoms with van der Waals surface area (Å²) in [5.41, 5.74) is 6.20. The number of nitrogens with two attached hydrogens (primary N) is 1. The van der Waals surface area contributed by atoms with Crippen LogP contribution in [0.15, 0.2) is 4.52 Å². The Bertz CT molecular complexity index is 447. The number of ether oxygens (including phenoxy) is 1. The Balaban J connectivity index is 2.07. The molecular weight excluding hydrogens is 268 g/mol. The predicted octanol–water partition coefficient (Wildman–Crippen LogP) is 1.94. The van der Waals surface area contributed by atoms with Crippen LogP contribution in [0.5, 0.6) is 0 Å². The summed E-state index contributed by atoms with van der Waals surface area (Å²) in [4.78, 5) is 6.80. The van der Waals surface area contributed by atoms with Crippen molar-refractivity contribution in [1.82, 2.24) is 15.0 Å². The lowest BCUT2D eigenvalue weighted by molar-refractivity contribution is 0.0542. The largest absolute Gasteiger partial charge is 0.374 e. The van der Waals surface area contributed by atoms with Gasteiger partial charge in [-0.25, -0.2) is 0 Å². The quantitative estimate of drug-likeness (QED) is 0.864. The van der Waals surface area contributed by atoms with Crippen LogP contribution in [0.2, 0.25) is 0 Å². The highest BCUT2D eigenvalue weighted by Crippen LogP contribution is 2.39. The van der Waals surface area contributed by atoms with Gasteiger partial charge in [0, 0.05) is 6.54 Å². The molecule has 6 heteroatoms. The molecule has 0 aromatic carbocycles. The van der Waals surface area contributed by atoms with Gasteiger partial charge in [-0.15, -0.1) is 0 Å². The minimum Gasteiger partial charge on any atom is -0.374 e. The molecule has 2 rings (SSSR count). The number of aromatic nitrogens is 2. The van der Waals surface area contributed by atoms with E-state index >= 15 is 0 Å². The van der Waals surface area contributed by atoms with Gasteiger partial charge in [0.1, 0.15) is 0 Å². The molecule has 1 aliphatic rings. The molecule has 2 heterocycles. The predicted molar refractivity (Wildman–Crippen MR) is 80.9 cm³/mol. The molecular formula is C15H28N4O2. The third-order valence-corrected chi connectivity index (χ3v) is 4.67. The number of likely N-dealkylation sites (N-methyl/N-ethyl adjacent to an activating group) is 1. The first-order valence-corrected chi connectivity index (χ1v) is 7.94. The van der Waals surface area contributed by atoms with Gasteiger partial charge in [0.2, 0.25) is 5.89 Å². The molecule has 1 fully saturated rings. The Morgan fingerprint density at radius 2 is 1.86 bits per heavy atom. The summed E-state index contributed by atoms with van der Waals surface area (Å²) < 4.78 is 11.3. The van der Waals surface area contributed by atoms with Gasteiger partial charge < -0.3 is 19.9 Å². The number of hydrogen-bond donors (Lipinski definition) is 1. The van der Waals surface area contributed by atoms with Crippen molar-refractivity contribution in [1.29, 1.82) is 0 Å². The Morgan fingerprint density at radius 1 is 1.19 bits per heavy atom. The van der Waals surface area contributed by atoms with Crippen LogP contribution in [0.25, 0.3) is 0 Å². The Labute approximate surface area is 127 Å². The van der Waals surface area contributed by atoms with Gasteiger partial charge in [0.25, 0.3) is 0 Å². The highest BCUT2D eigenvalue weighted by molar-refractivity contribution is 5.05. The van der Waals surface area contributed by atoms with E-state index in [1.807, 2.05) is 0 Å². The Morgan fingerprint density at radius 3 is 2.38 bits per heavy atom. The van der Waals surface area contributed by atoms with E-state index in [0.29, 0.717) is 17.6 Å². The molecule has 0 radical (unpaired) electrons. The monoisotopic (exact) mass is 296 g/mol. The fraction of sp³-hybridized carbons (Fsp3) is 0.867. The van der Waals surface area contributed by atoms with Gasteiger partial charge in [-0.1, -0.05) is 25.9 Å². The van der Waals surface area contributed by atoms with Crippen LogP contribution < -0.4 is 5.73 Å². The Kier molecular flexibility index (Phi) is 5.35. The molecule has 0 saturated carbocycles. The fourth-order valence-corrected chi connectivity index (χ4v) is 3.07. The summed E-state index contributed by atoms with van der Waals surface area (Å²) in [6.07, 6.45) is 0.312. The highest BCUT2D eigenvalue weighted by atomic mass is 16.5. The summed E-state index contributed by atoms with van der Waals surface area (Å²) in [6, 6.07) is -0.215. The third kappa shape index (κ3) is 3.44. The Hall–Kier alpha value is -0.980. The van der Waals surface area contributed by atoms with Crippen LogP contribution in [0.4, 0.5) is 0 Å². The van der Waals surface area contributed by atoms with E-state index < -0.39 is 0 Å². The maximum absolute atomic E-state index is 6.20. The van der Waals surface area contributed by atoms with Gasteiger partial charge in [0.05, 0.1) is 24.2 Å². The minimum absolute atomic E-state index is 0.0994. The first kappa shape index (κ1) is 16.4. The second kappa shape index (κ2) is 6.85.